The van der Waals surface area contributed by atoms with Gasteiger partial charge in [-0.25, -0.2) is 0 Å². The Morgan fingerprint density at radius 1 is 1.28 bits per heavy atom. The van der Waals surface area contributed by atoms with Gasteiger partial charge in [0.25, 0.3) is 5.56 Å². The zero-order valence-corrected chi connectivity index (χ0v) is 10.5. The summed E-state index contributed by atoms with van der Waals surface area (Å²) < 4.78 is 2.00. The lowest BCUT2D eigenvalue weighted by Crippen LogP contribution is -2.10. The van der Waals surface area contributed by atoms with Crippen molar-refractivity contribution in [3.8, 4) is 5.69 Å². The lowest BCUT2D eigenvalue weighted by molar-refractivity contribution is -0.114. The molecule has 0 aliphatic carbocycles. The largest absolute Gasteiger partial charge is 0.326 e. The van der Waals surface area contributed by atoms with Crippen LogP contribution in [0.25, 0.3) is 5.69 Å². The highest BCUT2D eigenvalue weighted by atomic mass is 32.1. The Morgan fingerprint density at radius 2 is 1.94 bits per heavy atom. The molecule has 0 saturated carbocycles. The fourth-order valence-electron chi connectivity index (χ4n) is 1.53. The van der Waals surface area contributed by atoms with Crippen LogP contribution in [0.4, 0.5) is 5.69 Å². The lowest BCUT2D eigenvalue weighted by atomic mass is 10.2. The van der Waals surface area contributed by atoms with Gasteiger partial charge in [0.1, 0.15) is 0 Å². The molecule has 1 aromatic heterocycles. The Bertz CT molecular complexity index is 685. The molecule has 18 heavy (non-hydrogen) atoms. The van der Waals surface area contributed by atoms with Gasteiger partial charge < -0.3 is 5.32 Å². The number of nitrogens with zero attached hydrogens (tertiary/aromatic N) is 1. The Morgan fingerprint density at radius 3 is 2.50 bits per heavy atom. The molecule has 0 unspecified atom stereocenters. The molecule has 0 atom stereocenters. The zero-order valence-electron chi connectivity index (χ0n) is 9.64. The first-order valence-corrected chi connectivity index (χ1v) is 5.67. The van der Waals surface area contributed by atoms with Crippen molar-refractivity contribution in [2.75, 3.05) is 5.32 Å². The second kappa shape index (κ2) is 4.97. The molecule has 5 nitrogen and oxygen atoms in total. The molecule has 1 aromatic carbocycles. The number of nitrogens with one attached hydrogen (secondary N) is 2. The minimum Gasteiger partial charge on any atom is -0.326 e. The highest BCUT2D eigenvalue weighted by Crippen LogP contribution is 2.12. The van der Waals surface area contributed by atoms with Gasteiger partial charge in [-0.15, -0.1) is 0 Å². The van der Waals surface area contributed by atoms with Gasteiger partial charge in [-0.2, -0.15) is 0 Å². The maximum atomic E-state index is 11.1. The van der Waals surface area contributed by atoms with Crippen molar-refractivity contribution in [1.82, 2.24) is 9.55 Å². The predicted molar refractivity (Wildman–Crippen MR) is 71.5 cm³/mol. The topological polar surface area (TPSA) is 66.9 Å². The van der Waals surface area contributed by atoms with E-state index in [0.29, 0.717) is 10.5 Å². The summed E-state index contributed by atoms with van der Waals surface area (Å²) in [7, 11) is 0. The molecule has 1 heterocycles. The third kappa shape index (κ3) is 2.72. The number of rotatable bonds is 2. The van der Waals surface area contributed by atoms with Gasteiger partial charge in [-0.1, -0.05) is 0 Å². The summed E-state index contributed by atoms with van der Waals surface area (Å²) in [6.07, 6.45) is 1.61. The number of H-pyrrole nitrogens is 1. The van der Waals surface area contributed by atoms with Gasteiger partial charge in [0, 0.05) is 30.6 Å². The Hall–Kier alpha value is -2.21. The maximum Gasteiger partial charge on any atom is 0.251 e. The molecule has 0 spiro atoms. The van der Waals surface area contributed by atoms with E-state index in [1.807, 2.05) is 0 Å². The van der Waals surface area contributed by atoms with E-state index in [1.165, 1.54) is 13.0 Å². The van der Waals surface area contributed by atoms with Gasteiger partial charge >= 0.3 is 0 Å². The minimum atomic E-state index is -0.230. The zero-order chi connectivity index (χ0) is 13.1. The van der Waals surface area contributed by atoms with E-state index in [1.54, 1.807) is 35.0 Å². The summed E-state index contributed by atoms with van der Waals surface area (Å²) in [4.78, 5) is 24.5. The number of amides is 1. The molecule has 6 heteroatoms. The molecule has 0 aliphatic heterocycles. The highest BCUT2D eigenvalue weighted by Gasteiger charge is 1.99. The van der Waals surface area contributed by atoms with E-state index < -0.39 is 0 Å². The first-order valence-electron chi connectivity index (χ1n) is 5.26. The van der Waals surface area contributed by atoms with E-state index in [0.717, 1.165) is 5.69 Å². The Labute approximate surface area is 108 Å². The third-order valence-electron chi connectivity index (χ3n) is 2.29. The summed E-state index contributed by atoms with van der Waals surface area (Å²) in [5, 5.41) is 2.68. The fourth-order valence-corrected chi connectivity index (χ4v) is 1.80. The van der Waals surface area contributed by atoms with Crippen LogP contribution in [-0.2, 0) is 4.79 Å². The maximum absolute atomic E-state index is 11.1. The van der Waals surface area contributed by atoms with E-state index >= 15 is 0 Å². The molecule has 0 saturated heterocycles. The summed E-state index contributed by atoms with van der Waals surface area (Å²) in [5.74, 6) is -0.122. The van der Waals surface area contributed by atoms with Gasteiger partial charge in [0.05, 0.1) is 0 Å². The SMILES string of the molecule is CC(=O)Nc1ccc(-n2ccc(=O)[nH]c2=S)cc1. The quantitative estimate of drug-likeness (QED) is 0.811. The van der Waals surface area contributed by atoms with Crippen LogP contribution in [-0.4, -0.2) is 15.5 Å². The number of aromatic amines is 1. The van der Waals surface area contributed by atoms with Crippen molar-refractivity contribution in [2.45, 2.75) is 6.92 Å². The van der Waals surface area contributed by atoms with Crippen molar-refractivity contribution >= 4 is 23.8 Å². The number of carbonyl (C=O) groups is 1. The number of carbonyl (C=O) groups excluding carboxylic acids is 1. The van der Waals surface area contributed by atoms with Crippen molar-refractivity contribution in [1.29, 1.82) is 0 Å². The van der Waals surface area contributed by atoms with Crippen LogP contribution < -0.4 is 10.9 Å². The van der Waals surface area contributed by atoms with Crippen LogP contribution in [0.1, 0.15) is 6.92 Å². The molecular weight excluding hydrogens is 250 g/mol. The van der Waals surface area contributed by atoms with E-state index in [-0.39, 0.29) is 11.5 Å². The van der Waals surface area contributed by atoms with Gasteiger partial charge in [0.2, 0.25) is 5.91 Å². The number of aromatic nitrogens is 2. The minimum absolute atomic E-state index is 0.122. The summed E-state index contributed by atoms with van der Waals surface area (Å²) in [6, 6.07) is 8.55. The molecule has 2 aromatic rings. The predicted octanol–water partition coefficient (Wildman–Crippen LogP) is 1.85. The molecule has 0 radical (unpaired) electrons. The summed E-state index contributed by atoms with van der Waals surface area (Å²) in [6.45, 7) is 1.45. The lowest BCUT2D eigenvalue weighted by Gasteiger charge is -2.07. The van der Waals surface area contributed by atoms with Crippen LogP contribution in [0.3, 0.4) is 0 Å². The van der Waals surface area contributed by atoms with Crippen molar-refractivity contribution in [3.63, 3.8) is 0 Å². The first kappa shape index (κ1) is 12.3. The second-order valence-electron chi connectivity index (χ2n) is 3.71. The molecule has 1 amide bonds. The molecule has 0 bridgehead atoms. The Kier molecular flexibility index (Phi) is 3.38. The van der Waals surface area contributed by atoms with E-state index in [2.05, 4.69) is 10.3 Å². The molecular formula is C12H11N3O2S. The number of benzene rings is 1. The third-order valence-corrected chi connectivity index (χ3v) is 2.59. The average Bonchev–Trinajstić information content (AvgIpc) is 2.30. The van der Waals surface area contributed by atoms with Gasteiger partial charge in [-0.3, -0.25) is 19.1 Å². The second-order valence-corrected chi connectivity index (χ2v) is 4.09. The van der Waals surface area contributed by atoms with Crippen molar-refractivity contribution < 1.29 is 4.79 Å². The average molecular weight is 261 g/mol. The normalized spacial score (nSPS) is 10.1. The fraction of sp³-hybridized carbons (Fsp3) is 0.0833. The van der Waals surface area contributed by atoms with Gasteiger partial charge in [-0.05, 0) is 36.5 Å². The van der Waals surface area contributed by atoms with Crippen molar-refractivity contribution in [2.24, 2.45) is 0 Å². The molecule has 2 rings (SSSR count). The monoisotopic (exact) mass is 261 g/mol. The smallest absolute Gasteiger partial charge is 0.251 e. The van der Waals surface area contributed by atoms with Crippen LogP contribution in [0.5, 0.6) is 0 Å². The first-order chi connectivity index (χ1) is 8.56. The number of hydrogen-bond donors (Lipinski definition) is 2. The molecule has 92 valence electrons. The molecule has 0 aliphatic rings. The van der Waals surface area contributed by atoms with Crippen LogP contribution >= 0.6 is 12.2 Å². The highest BCUT2D eigenvalue weighted by molar-refractivity contribution is 7.71. The molecule has 2 N–H and O–H groups in total. The van der Waals surface area contributed by atoms with E-state index in [4.69, 9.17) is 12.2 Å². The number of hydrogen-bond acceptors (Lipinski definition) is 3. The standard InChI is InChI=1S/C12H11N3O2S/c1-8(16)13-9-2-4-10(5-3-9)15-7-6-11(17)14-12(15)18/h2-7H,1H3,(H,13,16)(H,14,17,18). The van der Waals surface area contributed by atoms with Gasteiger partial charge in [0.15, 0.2) is 4.77 Å². The summed E-state index contributed by atoms with van der Waals surface area (Å²) >= 11 is 5.06. The van der Waals surface area contributed by atoms with Crippen LogP contribution in [0.2, 0.25) is 0 Å². The number of anilines is 1. The van der Waals surface area contributed by atoms with Crippen LogP contribution in [0, 0.1) is 4.77 Å². The van der Waals surface area contributed by atoms with Crippen molar-refractivity contribution in [3.05, 3.63) is 51.7 Å². The Balaban J connectivity index is 2.37. The van der Waals surface area contributed by atoms with E-state index in [9.17, 15) is 9.59 Å². The van der Waals surface area contributed by atoms with Crippen LogP contribution in [0.15, 0.2) is 41.3 Å². The molecule has 0 fully saturated rings. The summed E-state index contributed by atoms with van der Waals surface area (Å²) in [5.41, 5.74) is 1.29.